The molecule has 0 aromatic heterocycles. The third-order valence-electron chi connectivity index (χ3n) is 5.93. The average molecular weight is 439 g/mol. The largest absolute Gasteiger partial charge is 0.487 e. The van der Waals surface area contributed by atoms with Gasteiger partial charge in [0, 0.05) is 59.3 Å². The Balaban J connectivity index is 1.39. The lowest BCUT2D eigenvalue weighted by molar-refractivity contribution is -0.117. The van der Waals surface area contributed by atoms with E-state index >= 15 is 0 Å². The van der Waals surface area contributed by atoms with Gasteiger partial charge in [-0.15, -0.1) is 0 Å². The summed E-state index contributed by atoms with van der Waals surface area (Å²) in [4.78, 5) is 29.7. The van der Waals surface area contributed by atoms with E-state index in [4.69, 9.17) is 16.3 Å². The molecule has 7 nitrogen and oxygen atoms in total. The number of piperazine rings is 1. The van der Waals surface area contributed by atoms with Crippen molar-refractivity contribution >= 4 is 46.1 Å². The van der Waals surface area contributed by atoms with Crippen LogP contribution in [0.4, 0.5) is 11.4 Å². The molecule has 2 amide bonds. The molecular formula is C23H23ClN4O3. The highest BCUT2D eigenvalue weighted by Gasteiger charge is 2.32. The van der Waals surface area contributed by atoms with E-state index in [1.807, 2.05) is 18.2 Å². The fourth-order valence-electron chi connectivity index (χ4n) is 4.20. The van der Waals surface area contributed by atoms with Crippen LogP contribution in [0.3, 0.4) is 0 Å². The number of carbonyl (C=O) groups excluding carboxylic acids is 2. The molecule has 0 saturated carbocycles. The minimum atomic E-state index is -0.218. The molecule has 160 valence electrons. The summed E-state index contributed by atoms with van der Waals surface area (Å²) in [5.74, 6) is 0.252. The zero-order valence-electron chi connectivity index (χ0n) is 17.2. The van der Waals surface area contributed by atoms with Crippen molar-refractivity contribution in [1.29, 1.82) is 0 Å². The van der Waals surface area contributed by atoms with E-state index in [1.54, 1.807) is 18.2 Å². The van der Waals surface area contributed by atoms with Crippen LogP contribution in [-0.2, 0) is 20.9 Å². The lowest BCUT2D eigenvalue weighted by Gasteiger charge is -2.31. The number of halogens is 1. The molecule has 5 rings (SSSR count). The van der Waals surface area contributed by atoms with Crippen molar-refractivity contribution in [3.63, 3.8) is 0 Å². The van der Waals surface area contributed by atoms with Crippen LogP contribution < -0.4 is 10.6 Å². The zero-order valence-corrected chi connectivity index (χ0v) is 18.0. The Kier molecular flexibility index (Phi) is 5.17. The number of benzene rings is 2. The van der Waals surface area contributed by atoms with E-state index in [1.165, 1.54) is 0 Å². The smallest absolute Gasteiger partial charge is 0.260 e. The molecule has 2 aromatic rings. The third kappa shape index (κ3) is 3.92. The van der Waals surface area contributed by atoms with E-state index in [2.05, 4.69) is 27.5 Å². The topological polar surface area (TPSA) is 73.9 Å². The van der Waals surface area contributed by atoms with Gasteiger partial charge in [-0.05, 0) is 37.4 Å². The molecule has 3 aliphatic rings. The van der Waals surface area contributed by atoms with E-state index in [-0.39, 0.29) is 11.8 Å². The van der Waals surface area contributed by atoms with Gasteiger partial charge < -0.3 is 20.3 Å². The maximum absolute atomic E-state index is 12.7. The van der Waals surface area contributed by atoms with Crippen LogP contribution in [-0.4, -0.2) is 61.4 Å². The van der Waals surface area contributed by atoms with Crippen molar-refractivity contribution < 1.29 is 14.3 Å². The van der Waals surface area contributed by atoms with Gasteiger partial charge in [0.25, 0.3) is 5.91 Å². The number of carbonyl (C=O) groups is 2. The Bertz CT molecular complexity index is 1110. The number of fused-ring (bicyclic) bond motifs is 2. The Labute approximate surface area is 185 Å². The van der Waals surface area contributed by atoms with Crippen LogP contribution in [0.2, 0.25) is 5.02 Å². The van der Waals surface area contributed by atoms with Crippen LogP contribution in [0.1, 0.15) is 16.7 Å². The first-order valence-corrected chi connectivity index (χ1v) is 10.7. The van der Waals surface area contributed by atoms with Crippen LogP contribution >= 0.6 is 11.6 Å². The predicted octanol–water partition coefficient (Wildman–Crippen LogP) is 2.88. The summed E-state index contributed by atoms with van der Waals surface area (Å²) in [5, 5.41) is 6.40. The molecule has 0 radical (unpaired) electrons. The van der Waals surface area contributed by atoms with Crippen LogP contribution in [0, 0.1) is 0 Å². The van der Waals surface area contributed by atoms with Gasteiger partial charge in [-0.2, -0.15) is 0 Å². The van der Waals surface area contributed by atoms with Crippen molar-refractivity contribution in [1.82, 2.24) is 9.80 Å². The second-order valence-corrected chi connectivity index (χ2v) is 8.57. The number of amides is 2. The summed E-state index contributed by atoms with van der Waals surface area (Å²) < 4.78 is 5.92. The number of ether oxygens (including phenoxy) is 1. The summed E-state index contributed by atoms with van der Waals surface area (Å²) in [6.07, 6.45) is 0. The van der Waals surface area contributed by atoms with Crippen molar-refractivity contribution in [3.8, 4) is 0 Å². The maximum Gasteiger partial charge on any atom is 0.260 e. The third-order valence-corrected chi connectivity index (χ3v) is 6.16. The van der Waals surface area contributed by atoms with Gasteiger partial charge in [0.2, 0.25) is 5.91 Å². The van der Waals surface area contributed by atoms with Gasteiger partial charge in [-0.25, -0.2) is 0 Å². The molecule has 2 aromatic carbocycles. The molecule has 0 aliphatic carbocycles. The van der Waals surface area contributed by atoms with Crippen molar-refractivity contribution in [2.75, 3.05) is 50.4 Å². The fourth-order valence-corrected chi connectivity index (χ4v) is 4.37. The number of likely N-dealkylation sites (N-methyl/N-ethyl adjacent to an activating group) is 1. The van der Waals surface area contributed by atoms with Crippen LogP contribution in [0.5, 0.6) is 0 Å². The first kappa shape index (κ1) is 20.1. The van der Waals surface area contributed by atoms with Gasteiger partial charge in [-0.3, -0.25) is 14.5 Å². The number of nitrogens with one attached hydrogen (secondary N) is 2. The lowest BCUT2D eigenvalue weighted by atomic mass is 10.00. The SMILES string of the molecule is CN1CCN(CC(=O)Nc2ccc3c(c2)C(=C2C(=O)Nc4ccc(Cl)cc42)OC3)CC1. The number of anilines is 2. The number of hydrogen-bond acceptors (Lipinski definition) is 5. The van der Waals surface area contributed by atoms with Gasteiger partial charge in [0.1, 0.15) is 12.4 Å². The van der Waals surface area contributed by atoms with Crippen molar-refractivity contribution in [3.05, 3.63) is 58.1 Å². The average Bonchev–Trinajstić information content (AvgIpc) is 3.28. The number of nitrogens with zero attached hydrogens (tertiary/aromatic N) is 2. The van der Waals surface area contributed by atoms with E-state index in [9.17, 15) is 9.59 Å². The van der Waals surface area contributed by atoms with E-state index < -0.39 is 0 Å². The molecule has 1 fully saturated rings. The summed E-state index contributed by atoms with van der Waals surface area (Å²) >= 11 is 6.16. The highest BCUT2D eigenvalue weighted by atomic mass is 35.5. The Morgan fingerprint density at radius 2 is 1.94 bits per heavy atom. The standard InChI is InChI=1S/C23H23ClN4O3/c1-27-6-8-28(9-7-27)12-20(29)25-16-4-2-14-13-31-22(17(14)11-16)21-18-10-15(24)3-5-19(18)26-23(21)30/h2-5,10-11H,6-9,12-13H2,1H3,(H,25,29)(H,26,30). The molecule has 0 bridgehead atoms. The summed E-state index contributed by atoms with van der Waals surface area (Å²) in [5.41, 5.74) is 4.39. The highest BCUT2D eigenvalue weighted by molar-refractivity contribution is 6.38. The van der Waals surface area contributed by atoms with Crippen LogP contribution in [0.25, 0.3) is 11.3 Å². The molecule has 1 saturated heterocycles. The fraction of sp³-hybridized carbons (Fsp3) is 0.304. The second kappa shape index (κ2) is 8.00. The predicted molar refractivity (Wildman–Crippen MR) is 121 cm³/mol. The van der Waals surface area contributed by atoms with Gasteiger partial charge in [0.05, 0.1) is 12.1 Å². The highest BCUT2D eigenvalue weighted by Crippen LogP contribution is 2.42. The Morgan fingerprint density at radius 1 is 1.13 bits per heavy atom. The van der Waals surface area contributed by atoms with Crippen molar-refractivity contribution in [2.24, 2.45) is 0 Å². The lowest BCUT2D eigenvalue weighted by Crippen LogP contribution is -2.47. The Hall–Kier alpha value is -2.87. The minimum Gasteiger partial charge on any atom is -0.487 e. The normalized spacial score (nSPS) is 20.8. The summed E-state index contributed by atoms with van der Waals surface area (Å²) in [6, 6.07) is 11.0. The van der Waals surface area contributed by atoms with Crippen LogP contribution in [0.15, 0.2) is 36.4 Å². The van der Waals surface area contributed by atoms with Crippen molar-refractivity contribution in [2.45, 2.75) is 6.61 Å². The molecular weight excluding hydrogens is 416 g/mol. The number of rotatable bonds is 3. The van der Waals surface area contributed by atoms with E-state index in [0.717, 1.165) is 42.9 Å². The Morgan fingerprint density at radius 3 is 2.74 bits per heavy atom. The maximum atomic E-state index is 12.7. The molecule has 8 heteroatoms. The molecule has 0 spiro atoms. The van der Waals surface area contributed by atoms with Gasteiger partial charge >= 0.3 is 0 Å². The molecule has 0 unspecified atom stereocenters. The van der Waals surface area contributed by atoms with Gasteiger partial charge in [0.15, 0.2) is 0 Å². The number of hydrogen-bond donors (Lipinski definition) is 2. The molecule has 3 aliphatic heterocycles. The second-order valence-electron chi connectivity index (χ2n) is 8.14. The van der Waals surface area contributed by atoms with Gasteiger partial charge in [-0.1, -0.05) is 17.7 Å². The summed E-state index contributed by atoms with van der Waals surface area (Å²) in [6.45, 7) is 4.45. The molecule has 3 heterocycles. The molecule has 0 atom stereocenters. The first-order chi connectivity index (χ1) is 15.0. The summed E-state index contributed by atoms with van der Waals surface area (Å²) in [7, 11) is 2.09. The quantitative estimate of drug-likeness (QED) is 0.721. The zero-order chi connectivity index (χ0) is 21.5. The minimum absolute atomic E-state index is 0.0478. The molecule has 31 heavy (non-hydrogen) atoms. The monoisotopic (exact) mass is 438 g/mol. The molecule has 2 N–H and O–H groups in total. The first-order valence-electron chi connectivity index (χ1n) is 10.3. The van der Waals surface area contributed by atoms with E-state index in [0.29, 0.717) is 40.9 Å².